The highest BCUT2D eigenvalue weighted by Crippen LogP contribution is 2.55. The van der Waals surface area contributed by atoms with E-state index in [4.69, 9.17) is 0 Å². The van der Waals surface area contributed by atoms with Gasteiger partial charge in [0.25, 0.3) is 0 Å². The summed E-state index contributed by atoms with van der Waals surface area (Å²) < 4.78 is 0. The Balaban J connectivity index is 1.62. The van der Waals surface area contributed by atoms with Gasteiger partial charge in [0.05, 0.1) is 0 Å². The van der Waals surface area contributed by atoms with Crippen LogP contribution in [0.4, 0.5) is 0 Å². The van der Waals surface area contributed by atoms with Gasteiger partial charge < -0.3 is 0 Å². The molecule has 5 rings (SSSR count). The first-order valence-electron chi connectivity index (χ1n) is 10.3. The normalized spacial score (nSPS) is 19.8. The molecule has 0 saturated carbocycles. The van der Waals surface area contributed by atoms with E-state index in [1.54, 1.807) is 0 Å². The third kappa shape index (κ3) is 3.25. The van der Waals surface area contributed by atoms with Gasteiger partial charge in [-0.1, -0.05) is 55.1 Å². The topological polar surface area (TPSA) is 17.1 Å². The second-order valence-electron chi connectivity index (χ2n) is 7.90. The standard InChI is InChI=1S/C26H24OS2/c1-2-25(27)18-9-11-21-22-12-10-20(29-19-7-4-3-5-8-19)16-24(22)26(23(21)15-18)13-6-14-28-17-26/h3-5,7-12,15-16H,2,6,13-14,17H2,1H3. The number of hydrogen-bond donors (Lipinski definition) is 0. The number of Topliss-reactive ketones (excluding diaryl/α,β-unsaturated/α-hetero) is 1. The Morgan fingerprint density at radius 1 is 0.966 bits per heavy atom. The number of carbonyl (C=O) groups excluding carboxylic acids is 1. The van der Waals surface area contributed by atoms with E-state index in [0.29, 0.717) is 6.42 Å². The molecule has 1 nitrogen and oxygen atoms in total. The van der Waals surface area contributed by atoms with Gasteiger partial charge in [-0.15, -0.1) is 0 Å². The van der Waals surface area contributed by atoms with Crippen LogP contribution in [0.3, 0.4) is 0 Å². The molecule has 1 spiro atoms. The molecule has 3 aromatic rings. The van der Waals surface area contributed by atoms with Crippen LogP contribution < -0.4 is 0 Å². The number of benzene rings is 3. The lowest BCUT2D eigenvalue weighted by atomic mass is 9.75. The zero-order valence-electron chi connectivity index (χ0n) is 16.6. The first kappa shape index (κ1) is 19.0. The Labute approximate surface area is 181 Å². The number of thioether (sulfide) groups is 1. The Hall–Kier alpha value is -1.97. The van der Waals surface area contributed by atoms with Crippen LogP contribution in [0.5, 0.6) is 0 Å². The summed E-state index contributed by atoms with van der Waals surface area (Å²) in [6.45, 7) is 1.95. The van der Waals surface area contributed by atoms with Crippen LogP contribution in [0.15, 0.2) is 76.5 Å². The summed E-state index contributed by atoms with van der Waals surface area (Å²) in [5.74, 6) is 2.58. The smallest absolute Gasteiger partial charge is 0.162 e. The summed E-state index contributed by atoms with van der Waals surface area (Å²) in [4.78, 5) is 15.0. The van der Waals surface area contributed by atoms with Gasteiger partial charge in [0, 0.05) is 32.9 Å². The van der Waals surface area contributed by atoms with Crippen molar-refractivity contribution in [2.45, 2.75) is 41.4 Å². The van der Waals surface area contributed by atoms with Crippen molar-refractivity contribution in [3.05, 3.63) is 83.4 Å². The van der Waals surface area contributed by atoms with Crippen molar-refractivity contribution in [2.24, 2.45) is 0 Å². The average molecular weight is 417 g/mol. The highest BCUT2D eigenvalue weighted by atomic mass is 32.2. The van der Waals surface area contributed by atoms with Crippen LogP contribution in [0.1, 0.15) is 47.7 Å². The van der Waals surface area contributed by atoms with Gasteiger partial charge in [-0.3, -0.25) is 4.79 Å². The molecule has 2 aliphatic rings. The van der Waals surface area contributed by atoms with Gasteiger partial charge in [0.1, 0.15) is 0 Å². The van der Waals surface area contributed by atoms with Crippen LogP contribution in [-0.2, 0) is 5.41 Å². The third-order valence-corrected chi connectivity index (χ3v) is 8.47. The van der Waals surface area contributed by atoms with E-state index in [-0.39, 0.29) is 11.2 Å². The largest absolute Gasteiger partial charge is 0.294 e. The van der Waals surface area contributed by atoms with E-state index in [2.05, 4.69) is 72.4 Å². The molecule has 0 N–H and O–H groups in total. The molecule has 1 atom stereocenters. The highest BCUT2D eigenvalue weighted by molar-refractivity contribution is 7.99. The van der Waals surface area contributed by atoms with Crippen LogP contribution in [0.25, 0.3) is 11.1 Å². The summed E-state index contributed by atoms with van der Waals surface area (Å²) >= 11 is 3.89. The SMILES string of the molecule is CCC(=O)c1ccc2c(c1)C1(CCCSC1)c1cc(Sc3ccccc3)ccc1-2. The highest BCUT2D eigenvalue weighted by Gasteiger charge is 2.44. The van der Waals surface area contributed by atoms with Gasteiger partial charge in [0.15, 0.2) is 5.78 Å². The minimum atomic E-state index is 0.0465. The second-order valence-corrected chi connectivity index (χ2v) is 10.1. The minimum absolute atomic E-state index is 0.0465. The predicted molar refractivity (Wildman–Crippen MR) is 124 cm³/mol. The zero-order valence-corrected chi connectivity index (χ0v) is 18.2. The Bertz CT molecular complexity index is 1070. The lowest BCUT2D eigenvalue weighted by molar-refractivity contribution is 0.0988. The lowest BCUT2D eigenvalue weighted by Gasteiger charge is -2.35. The van der Waals surface area contributed by atoms with Crippen molar-refractivity contribution < 1.29 is 4.79 Å². The van der Waals surface area contributed by atoms with Crippen LogP contribution in [0.2, 0.25) is 0 Å². The first-order valence-corrected chi connectivity index (χ1v) is 12.3. The van der Waals surface area contributed by atoms with Crippen molar-refractivity contribution in [3.63, 3.8) is 0 Å². The number of ketones is 1. The molecule has 29 heavy (non-hydrogen) atoms. The number of hydrogen-bond acceptors (Lipinski definition) is 3. The monoisotopic (exact) mass is 416 g/mol. The fraction of sp³-hybridized carbons (Fsp3) is 0.269. The fourth-order valence-electron chi connectivity index (χ4n) is 4.76. The Morgan fingerprint density at radius 2 is 1.72 bits per heavy atom. The van der Waals surface area contributed by atoms with Crippen molar-refractivity contribution in [1.82, 2.24) is 0 Å². The van der Waals surface area contributed by atoms with E-state index in [1.807, 2.05) is 24.8 Å². The maximum atomic E-state index is 12.4. The lowest BCUT2D eigenvalue weighted by Crippen LogP contribution is -2.31. The quantitative estimate of drug-likeness (QED) is 0.418. The Kier molecular flexibility index (Phi) is 5.05. The maximum absolute atomic E-state index is 12.4. The molecule has 1 fully saturated rings. The molecule has 0 bridgehead atoms. The van der Waals surface area contributed by atoms with E-state index in [9.17, 15) is 4.79 Å². The Morgan fingerprint density at radius 3 is 2.45 bits per heavy atom. The number of carbonyl (C=O) groups is 1. The third-order valence-electron chi connectivity index (χ3n) is 6.19. The predicted octanol–water partition coefficient (Wildman–Crippen LogP) is 7.22. The van der Waals surface area contributed by atoms with Gasteiger partial charge in [0.2, 0.25) is 0 Å². The van der Waals surface area contributed by atoms with Gasteiger partial charge in [-0.25, -0.2) is 0 Å². The minimum Gasteiger partial charge on any atom is -0.294 e. The van der Waals surface area contributed by atoms with E-state index >= 15 is 0 Å². The zero-order chi connectivity index (χ0) is 19.8. The molecule has 0 aromatic heterocycles. The molecule has 3 heteroatoms. The summed E-state index contributed by atoms with van der Waals surface area (Å²) in [6, 6.07) is 24.0. The molecule has 1 heterocycles. The molecule has 0 amide bonds. The van der Waals surface area contributed by atoms with Crippen molar-refractivity contribution in [1.29, 1.82) is 0 Å². The molecule has 0 radical (unpaired) electrons. The average Bonchev–Trinajstić information content (AvgIpc) is 3.03. The van der Waals surface area contributed by atoms with Crippen molar-refractivity contribution in [3.8, 4) is 11.1 Å². The van der Waals surface area contributed by atoms with Gasteiger partial charge in [-0.2, -0.15) is 11.8 Å². The second kappa shape index (κ2) is 7.70. The van der Waals surface area contributed by atoms with Crippen LogP contribution in [0, 0.1) is 0 Å². The van der Waals surface area contributed by atoms with Crippen molar-refractivity contribution in [2.75, 3.05) is 11.5 Å². The molecule has 1 saturated heterocycles. The number of rotatable bonds is 4. The van der Waals surface area contributed by atoms with E-state index in [0.717, 1.165) is 11.3 Å². The molecular weight excluding hydrogens is 392 g/mol. The maximum Gasteiger partial charge on any atom is 0.162 e. The van der Waals surface area contributed by atoms with E-state index < -0.39 is 0 Å². The summed E-state index contributed by atoms with van der Waals surface area (Å²) in [6.07, 6.45) is 2.96. The van der Waals surface area contributed by atoms with Gasteiger partial charge in [-0.05, 0) is 71.2 Å². The number of fused-ring (bicyclic) bond motifs is 5. The van der Waals surface area contributed by atoms with Crippen LogP contribution in [-0.4, -0.2) is 17.3 Å². The molecule has 1 aliphatic heterocycles. The molecule has 3 aromatic carbocycles. The molecule has 146 valence electrons. The molecular formula is C26H24OS2. The molecule has 1 unspecified atom stereocenters. The van der Waals surface area contributed by atoms with Crippen LogP contribution >= 0.6 is 23.5 Å². The first-order chi connectivity index (χ1) is 14.2. The fourth-order valence-corrected chi connectivity index (χ4v) is 6.93. The van der Waals surface area contributed by atoms with Gasteiger partial charge >= 0.3 is 0 Å². The molecule has 1 aliphatic carbocycles. The summed E-state index contributed by atoms with van der Waals surface area (Å²) in [5.41, 5.74) is 6.43. The van der Waals surface area contributed by atoms with Crippen molar-refractivity contribution >= 4 is 29.3 Å². The summed E-state index contributed by atoms with van der Waals surface area (Å²) in [5, 5.41) is 0. The van der Waals surface area contributed by atoms with E-state index in [1.165, 1.54) is 50.6 Å². The summed E-state index contributed by atoms with van der Waals surface area (Å²) in [7, 11) is 0.